The molecule has 0 saturated heterocycles. The lowest BCUT2D eigenvalue weighted by molar-refractivity contribution is -0.116. The molecule has 7 heteroatoms. The van der Waals surface area contributed by atoms with Crippen molar-refractivity contribution >= 4 is 28.4 Å². The molecule has 126 valence electrons. The fraction of sp³-hybridized carbons (Fsp3) is 0.111. The Balaban J connectivity index is 1.75. The van der Waals surface area contributed by atoms with Crippen LogP contribution in [-0.4, -0.2) is 21.6 Å². The number of hydrogen-bond donors (Lipinski definition) is 2. The number of primary amides is 1. The van der Waals surface area contributed by atoms with Gasteiger partial charge in [0.05, 0.1) is 29.5 Å². The fourth-order valence-electron chi connectivity index (χ4n) is 2.57. The third-order valence-electron chi connectivity index (χ3n) is 3.78. The molecule has 2 aromatic carbocycles. The van der Waals surface area contributed by atoms with E-state index in [1.54, 1.807) is 47.1 Å². The lowest BCUT2D eigenvalue weighted by atomic mass is 10.1. The van der Waals surface area contributed by atoms with Crippen LogP contribution in [0.2, 0.25) is 0 Å². The fourth-order valence-corrected chi connectivity index (χ4v) is 2.57. The van der Waals surface area contributed by atoms with Gasteiger partial charge in [0.15, 0.2) is 0 Å². The van der Waals surface area contributed by atoms with Crippen molar-refractivity contribution in [3.8, 4) is 0 Å². The zero-order chi connectivity index (χ0) is 17.8. The standard InChI is InChI=1S/C18H16N4O3/c19-18(25)12-5-1-3-7-14(12)21-17(24)9-10-22-15-8-4-2-6-13(15)16(23)11-20-22/h1-8,11H,9-10H2,(H2,19,25)(H,21,24). The van der Waals surface area contributed by atoms with Crippen LogP contribution in [0.25, 0.3) is 10.9 Å². The first-order valence-corrected chi connectivity index (χ1v) is 7.70. The maximum Gasteiger partial charge on any atom is 0.250 e. The summed E-state index contributed by atoms with van der Waals surface area (Å²) in [6.45, 7) is 0.297. The quantitative estimate of drug-likeness (QED) is 0.736. The van der Waals surface area contributed by atoms with Crippen LogP contribution in [0, 0.1) is 0 Å². The number of para-hydroxylation sites is 2. The lowest BCUT2D eigenvalue weighted by Gasteiger charge is -2.11. The molecule has 7 nitrogen and oxygen atoms in total. The second-order valence-corrected chi connectivity index (χ2v) is 5.46. The first-order valence-electron chi connectivity index (χ1n) is 7.70. The van der Waals surface area contributed by atoms with E-state index >= 15 is 0 Å². The van der Waals surface area contributed by atoms with E-state index in [0.717, 1.165) is 0 Å². The minimum atomic E-state index is -0.607. The van der Waals surface area contributed by atoms with Gasteiger partial charge in [-0.15, -0.1) is 0 Å². The molecule has 0 fully saturated rings. The van der Waals surface area contributed by atoms with Crippen LogP contribution >= 0.6 is 0 Å². The Labute approximate surface area is 143 Å². The van der Waals surface area contributed by atoms with Crippen LogP contribution in [0.4, 0.5) is 5.69 Å². The monoisotopic (exact) mass is 336 g/mol. The Morgan fingerprint density at radius 3 is 2.60 bits per heavy atom. The summed E-state index contributed by atoms with van der Waals surface area (Å²) in [7, 11) is 0. The molecule has 3 N–H and O–H groups in total. The van der Waals surface area contributed by atoms with Gasteiger partial charge in [0, 0.05) is 11.8 Å². The van der Waals surface area contributed by atoms with E-state index in [1.807, 2.05) is 6.07 Å². The third kappa shape index (κ3) is 3.55. The van der Waals surface area contributed by atoms with E-state index in [-0.39, 0.29) is 23.3 Å². The number of carbonyl (C=O) groups is 2. The number of carbonyl (C=O) groups excluding carboxylic acids is 2. The highest BCUT2D eigenvalue weighted by Crippen LogP contribution is 2.15. The average Bonchev–Trinajstić information content (AvgIpc) is 2.62. The van der Waals surface area contributed by atoms with Crippen LogP contribution in [0.1, 0.15) is 16.8 Å². The van der Waals surface area contributed by atoms with Crippen molar-refractivity contribution in [3.05, 3.63) is 70.5 Å². The minimum Gasteiger partial charge on any atom is -0.366 e. The third-order valence-corrected chi connectivity index (χ3v) is 3.78. The van der Waals surface area contributed by atoms with E-state index in [0.29, 0.717) is 23.1 Å². The number of hydrogen-bond acceptors (Lipinski definition) is 4. The number of nitrogens with two attached hydrogens (primary N) is 1. The molecule has 0 aliphatic rings. The number of fused-ring (bicyclic) bond motifs is 1. The normalized spacial score (nSPS) is 10.6. The zero-order valence-corrected chi connectivity index (χ0v) is 13.3. The number of rotatable bonds is 5. The highest BCUT2D eigenvalue weighted by Gasteiger charge is 2.11. The molecule has 2 amide bonds. The van der Waals surface area contributed by atoms with Gasteiger partial charge < -0.3 is 11.1 Å². The van der Waals surface area contributed by atoms with E-state index in [1.165, 1.54) is 6.20 Å². The van der Waals surface area contributed by atoms with Gasteiger partial charge in [-0.05, 0) is 24.3 Å². The van der Waals surface area contributed by atoms with Crippen molar-refractivity contribution in [1.82, 2.24) is 9.78 Å². The second kappa shape index (κ2) is 6.96. The first kappa shape index (κ1) is 16.4. The molecule has 0 atom stereocenters. The minimum absolute atomic E-state index is 0.132. The summed E-state index contributed by atoms with van der Waals surface area (Å²) < 4.78 is 1.61. The molecule has 3 aromatic rings. The first-order chi connectivity index (χ1) is 12.1. The number of nitrogens with one attached hydrogen (secondary N) is 1. The summed E-state index contributed by atoms with van der Waals surface area (Å²) in [4.78, 5) is 35.4. The van der Waals surface area contributed by atoms with Crippen molar-refractivity contribution in [2.24, 2.45) is 5.73 Å². The Kier molecular flexibility index (Phi) is 4.56. The maximum atomic E-state index is 12.2. The largest absolute Gasteiger partial charge is 0.366 e. The molecule has 0 saturated carbocycles. The Morgan fingerprint density at radius 1 is 1.08 bits per heavy atom. The Morgan fingerprint density at radius 2 is 1.80 bits per heavy atom. The topological polar surface area (TPSA) is 107 Å². The van der Waals surface area contributed by atoms with Crippen LogP contribution in [0.5, 0.6) is 0 Å². The molecular weight excluding hydrogens is 320 g/mol. The van der Waals surface area contributed by atoms with Crippen molar-refractivity contribution in [2.75, 3.05) is 5.32 Å². The highest BCUT2D eigenvalue weighted by atomic mass is 16.2. The van der Waals surface area contributed by atoms with E-state index in [2.05, 4.69) is 10.4 Å². The highest BCUT2D eigenvalue weighted by molar-refractivity contribution is 6.02. The number of nitrogens with zero attached hydrogens (tertiary/aromatic N) is 2. The molecule has 1 heterocycles. The van der Waals surface area contributed by atoms with Gasteiger partial charge in [-0.2, -0.15) is 5.10 Å². The van der Waals surface area contributed by atoms with Gasteiger partial charge in [-0.1, -0.05) is 24.3 Å². The van der Waals surface area contributed by atoms with Crippen molar-refractivity contribution in [1.29, 1.82) is 0 Å². The van der Waals surface area contributed by atoms with Crippen LogP contribution < -0.4 is 16.5 Å². The summed E-state index contributed by atoms with van der Waals surface area (Å²) in [5, 5.41) is 7.31. The molecule has 0 unspecified atom stereocenters. The molecule has 0 radical (unpaired) electrons. The number of amides is 2. The smallest absolute Gasteiger partial charge is 0.250 e. The van der Waals surface area contributed by atoms with E-state index in [9.17, 15) is 14.4 Å². The van der Waals surface area contributed by atoms with Crippen LogP contribution in [0.15, 0.2) is 59.5 Å². The van der Waals surface area contributed by atoms with E-state index < -0.39 is 5.91 Å². The van der Waals surface area contributed by atoms with Crippen molar-refractivity contribution in [3.63, 3.8) is 0 Å². The van der Waals surface area contributed by atoms with Crippen molar-refractivity contribution in [2.45, 2.75) is 13.0 Å². The molecule has 1 aromatic heterocycles. The molecule has 0 aliphatic carbocycles. The van der Waals surface area contributed by atoms with Crippen LogP contribution in [-0.2, 0) is 11.3 Å². The number of aromatic nitrogens is 2. The van der Waals surface area contributed by atoms with Gasteiger partial charge in [0.1, 0.15) is 0 Å². The van der Waals surface area contributed by atoms with Gasteiger partial charge in [-0.3, -0.25) is 19.1 Å². The Bertz CT molecular complexity index is 1010. The molecule has 0 bridgehead atoms. The molecule has 0 spiro atoms. The van der Waals surface area contributed by atoms with Gasteiger partial charge in [0.25, 0.3) is 5.91 Å². The predicted octanol–water partition coefficient (Wildman–Crippen LogP) is 1.52. The number of benzene rings is 2. The van der Waals surface area contributed by atoms with E-state index in [4.69, 9.17) is 5.73 Å². The van der Waals surface area contributed by atoms with Crippen LogP contribution in [0.3, 0.4) is 0 Å². The van der Waals surface area contributed by atoms with Crippen molar-refractivity contribution < 1.29 is 9.59 Å². The summed E-state index contributed by atoms with van der Waals surface area (Å²) in [5.41, 5.74) is 6.43. The second-order valence-electron chi connectivity index (χ2n) is 5.46. The summed E-state index contributed by atoms with van der Waals surface area (Å²) in [6, 6.07) is 13.6. The summed E-state index contributed by atoms with van der Waals surface area (Å²) in [6.07, 6.45) is 1.37. The molecular formula is C18H16N4O3. The maximum absolute atomic E-state index is 12.2. The predicted molar refractivity (Wildman–Crippen MR) is 94.2 cm³/mol. The number of anilines is 1. The summed E-state index contributed by atoms with van der Waals surface area (Å²) in [5.74, 6) is -0.887. The van der Waals surface area contributed by atoms with Gasteiger partial charge >= 0.3 is 0 Å². The Hall–Kier alpha value is -3.48. The molecule has 25 heavy (non-hydrogen) atoms. The lowest BCUT2D eigenvalue weighted by Crippen LogP contribution is -2.20. The summed E-state index contributed by atoms with van der Waals surface area (Å²) >= 11 is 0. The van der Waals surface area contributed by atoms with Gasteiger partial charge in [-0.25, -0.2) is 0 Å². The number of aryl methyl sites for hydroxylation is 1. The molecule has 3 rings (SSSR count). The van der Waals surface area contributed by atoms with Gasteiger partial charge in [0.2, 0.25) is 11.3 Å². The average molecular weight is 336 g/mol. The SMILES string of the molecule is NC(=O)c1ccccc1NC(=O)CCn1ncc(=O)c2ccccc21. The molecule has 0 aliphatic heterocycles. The zero-order valence-electron chi connectivity index (χ0n) is 13.3.